The van der Waals surface area contributed by atoms with Gasteiger partial charge in [-0.25, -0.2) is 4.79 Å². The van der Waals surface area contributed by atoms with Gasteiger partial charge in [0.25, 0.3) is 5.91 Å². The van der Waals surface area contributed by atoms with E-state index in [4.69, 9.17) is 9.84 Å². The van der Waals surface area contributed by atoms with Crippen LogP contribution in [-0.2, 0) is 23.1 Å². The molecule has 5 rings (SSSR count). The summed E-state index contributed by atoms with van der Waals surface area (Å²) >= 11 is 0. The second-order valence-electron chi connectivity index (χ2n) is 8.57. The van der Waals surface area contributed by atoms with Crippen LogP contribution in [0.2, 0.25) is 0 Å². The van der Waals surface area contributed by atoms with Crippen LogP contribution in [0.15, 0.2) is 54.7 Å². The minimum Gasteiger partial charge on any atom is -0.481 e. The fourth-order valence-corrected chi connectivity index (χ4v) is 4.66. The zero-order chi connectivity index (χ0) is 23.8. The van der Waals surface area contributed by atoms with E-state index in [-0.39, 0.29) is 38.1 Å². The van der Waals surface area contributed by atoms with Crippen molar-refractivity contribution in [2.75, 3.05) is 19.7 Å². The van der Waals surface area contributed by atoms with Gasteiger partial charge in [-0.1, -0.05) is 48.5 Å². The van der Waals surface area contributed by atoms with E-state index in [2.05, 4.69) is 34.7 Å². The van der Waals surface area contributed by atoms with Crippen molar-refractivity contribution < 1.29 is 24.2 Å². The lowest BCUT2D eigenvalue weighted by Gasteiger charge is -2.36. The first-order valence-electron chi connectivity index (χ1n) is 11.1. The van der Waals surface area contributed by atoms with Crippen molar-refractivity contribution >= 4 is 18.0 Å². The molecule has 9 heteroatoms. The van der Waals surface area contributed by atoms with E-state index in [0.717, 1.165) is 22.3 Å². The van der Waals surface area contributed by atoms with Crippen LogP contribution in [0.4, 0.5) is 4.79 Å². The Morgan fingerprint density at radius 2 is 1.68 bits per heavy atom. The Labute approximate surface area is 195 Å². The number of nitrogens with one attached hydrogen (secondary N) is 1. The van der Waals surface area contributed by atoms with Crippen molar-refractivity contribution in [1.29, 1.82) is 0 Å². The zero-order valence-corrected chi connectivity index (χ0v) is 18.6. The summed E-state index contributed by atoms with van der Waals surface area (Å²) in [6.45, 7) is 0.599. The highest BCUT2D eigenvalue weighted by atomic mass is 16.5. The van der Waals surface area contributed by atoms with Crippen molar-refractivity contribution in [3.05, 3.63) is 77.1 Å². The number of aryl methyl sites for hydroxylation is 1. The van der Waals surface area contributed by atoms with E-state index in [0.29, 0.717) is 11.3 Å². The Bertz CT molecular complexity index is 1230. The van der Waals surface area contributed by atoms with E-state index in [9.17, 15) is 14.4 Å². The molecule has 0 saturated carbocycles. The third kappa shape index (κ3) is 3.79. The van der Waals surface area contributed by atoms with Crippen LogP contribution in [0.1, 0.15) is 33.1 Å². The molecule has 1 aliphatic carbocycles. The second kappa shape index (κ2) is 8.66. The number of hydrogen-bond acceptors (Lipinski definition) is 5. The monoisotopic (exact) mass is 460 g/mol. The van der Waals surface area contributed by atoms with E-state index >= 15 is 0 Å². The van der Waals surface area contributed by atoms with Gasteiger partial charge in [0.15, 0.2) is 0 Å². The third-order valence-corrected chi connectivity index (χ3v) is 6.50. The van der Waals surface area contributed by atoms with Gasteiger partial charge < -0.3 is 20.1 Å². The number of carbonyl (C=O) groups is 3. The van der Waals surface area contributed by atoms with Gasteiger partial charge in [-0.05, 0) is 22.3 Å². The smallest absolute Gasteiger partial charge is 0.407 e. The maximum absolute atomic E-state index is 12.8. The first-order chi connectivity index (χ1) is 16.4. The highest BCUT2D eigenvalue weighted by Gasteiger charge is 2.37. The number of carboxylic acid groups (broad SMARTS) is 1. The molecule has 1 fully saturated rings. The second-order valence-corrected chi connectivity index (χ2v) is 8.57. The lowest BCUT2D eigenvalue weighted by atomic mass is 9.98. The molecule has 174 valence electrons. The highest BCUT2D eigenvalue weighted by Crippen LogP contribution is 2.44. The molecular formula is C25H24N4O5. The molecular weight excluding hydrogens is 436 g/mol. The Balaban J connectivity index is 1.21. The van der Waals surface area contributed by atoms with Gasteiger partial charge in [-0.2, -0.15) is 5.10 Å². The number of carboxylic acids is 1. The fourth-order valence-electron chi connectivity index (χ4n) is 4.66. The molecule has 2 aromatic carbocycles. The molecule has 9 nitrogen and oxygen atoms in total. The van der Waals surface area contributed by atoms with Crippen molar-refractivity contribution in [3.8, 4) is 11.1 Å². The maximum Gasteiger partial charge on any atom is 0.407 e. The quantitative estimate of drug-likeness (QED) is 0.585. The molecule has 3 aromatic rings. The van der Waals surface area contributed by atoms with Crippen LogP contribution in [0.25, 0.3) is 11.1 Å². The van der Waals surface area contributed by atoms with E-state index < -0.39 is 18.0 Å². The van der Waals surface area contributed by atoms with Gasteiger partial charge in [0.2, 0.25) is 0 Å². The molecule has 1 aromatic heterocycles. The van der Waals surface area contributed by atoms with Crippen LogP contribution < -0.4 is 5.32 Å². The van der Waals surface area contributed by atoms with E-state index in [1.165, 1.54) is 15.8 Å². The van der Waals surface area contributed by atoms with Gasteiger partial charge in [0.1, 0.15) is 12.3 Å². The molecule has 2 amide bonds. The zero-order valence-electron chi connectivity index (χ0n) is 18.6. The number of amides is 2. The molecule has 2 heterocycles. The average molecular weight is 460 g/mol. The number of benzene rings is 2. The number of alkyl carbamates (subject to hydrolysis) is 1. The summed E-state index contributed by atoms with van der Waals surface area (Å²) in [7, 11) is 1.64. The molecule has 2 aliphatic rings. The topological polar surface area (TPSA) is 114 Å². The third-order valence-electron chi connectivity index (χ3n) is 6.50. The lowest BCUT2D eigenvalue weighted by molar-refractivity contribution is -0.146. The number of ether oxygens (including phenoxy) is 1. The summed E-state index contributed by atoms with van der Waals surface area (Å²) in [4.78, 5) is 37.8. The number of aromatic nitrogens is 2. The average Bonchev–Trinajstić information content (AvgIpc) is 3.32. The number of fused-ring (bicyclic) bond motifs is 3. The molecule has 0 radical (unpaired) electrons. The summed E-state index contributed by atoms with van der Waals surface area (Å²) in [5, 5.41) is 15.9. The summed E-state index contributed by atoms with van der Waals surface area (Å²) in [5.74, 6) is -1.80. The SMILES string of the molecule is Cn1ncc(CNC(=O)OCC2c3ccccc3-c3ccccc32)c1C(=O)N1CC(C(=O)O)C1. The Kier molecular flexibility index (Phi) is 5.53. The number of rotatable bonds is 6. The van der Waals surface area contributed by atoms with Crippen LogP contribution in [-0.4, -0.2) is 57.5 Å². The Hall–Kier alpha value is -4.14. The van der Waals surface area contributed by atoms with Crippen LogP contribution in [0.3, 0.4) is 0 Å². The van der Waals surface area contributed by atoms with Crippen LogP contribution in [0.5, 0.6) is 0 Å². The first-order valence-corrected chi connectivity index (χ1v) is 11.1. The first kappa shape index (κ1) is 21.7. The number of aliphatic carboxylic acids is 1. The van der Waals surface area contributed by atoms with E-state index in [1.54, 1.807) is 7.05 Å². The largest absolute Gasteiger partial charge is 0.481 e. The highest BCUT2D eigenvalue weighted by molar-refractivity contribution is 5.95. The summed E-state index contributed by atoms with van der Waals surface area (Å²) in [6, 6.07) is 16.2. The minimum absolute atomic E-state index is 0.0396. The van der Waals surface area contributed by atoms with Gasteiger partial charge in [0.05, 0.1) is 18.7 Å². The number of hydrogen-bond donors (Lipinski definition) is 2. The standard InChI is InChI=1S/C25H24N4O5/c1-28-22(23(30)29-12-16(13-29)24(31)32)15(11-27-28)10-26-25(33)34-14-21-19-8-4-2-6-17(19)18-7-3-5-9-20(18)21/h2-9,11,16,21H,10,12-14H2,1H3,(H,26,33)(H,31,32). The number of nitrogens with zero attached hydrogens (tertiary/aromatic N) is 3. The maximum atomic E-state index is 12.8. The van der Waals surface area contributed by atoms with Crippen molar-refractivity contribution in [3.63, 3.8) is 0 Å². The molecule has 0 atom stereocenters. The minimum atomic E-state index is -0.911. The molecule has 34 heavy (non-hydrogen) atoms. The van der Waals surface area contributed by atoms with Gasteiger partial charge in [-0.3, -0.25) is 14.3 Å². The predicted molar refractivity (Wildman–Crippen MR) is 122 cm³/mol. The Morgan fingerprint density at radius 3 is 2.29 bits per heavy atom. The summed E-state index contributed by atoms with van der Waals surface area (Å²) < 4.78 is 6.99. The van der Waals surface area contributed by atoms with Gasteiger partial charge in [-0.15, -0.1) is 0 Å². The lowest BCUT2D eigenvalue weighted by Crippen LogP contribution is -2.53. The molecule has 0 spiro atoms. The van der Waals surface area contributed by atoms with Crippen LogP contribution >= 0.6 is 0 Å². The molecule has 1 saturated heterocycles. The summed E-state index contributed by atoms with van der Waals surface area (Å²) in [5.41, 5.74) is 5.43. The van der Waals surface area contributed by atoms with Gasteiger partial charge in [0, 0.05) is 31.6 Å². The van der Waals surface area contributed by atoms with Crippen LogP contribution in [0, 0.1) is 5.92 Å². The molecule has 0 bridgehead atoms. The molecule has 0 unspecified atom stereocenters. The molecule has 2 N–H and O–H groups in total. The predicted octanol–water partition coefficient (Wildman–Crippen LogP) is 2.62. The number of carbonyl (C=O) groups excluding carboxylic acids is 2. The Morgan fingerprint density at radius 1 is 1.06 bits per heavy atom. The van der Waals surface area contributed by atoms with E-state index in [1.807, 2.05) is 24.3 Å². The summed E-state index contributed by atoms with van der Waals surface area (Å²) in [6.07, 6.45) is 0.935. The number of likely N-dealkylation sites (tertiary alicyclic amines) is 1. The van der Waals surface area contributed by atoms with Crippen molar-refractivity contribution in [1.82, 2.24) is 20.0 Å². The normalized spacial score (nSPS) is 14.8. The van der Waals surface area contributed by atoms with Gasteiger partial charge >= 0.3 is 12.1 Å². The van der Waals surface area contributed by atoms with Crippen molar-refractivity contribution in [2.45, 2.75) is 12.5 Å². The fraction of sp³-hybridized carbons (Fsp3) is 0.280. The van der Waals surface area contributed by atoms with Crippen molar-refractivity contribution in [2.24, 2.45) is 13.0 Å². The molecule has 1 aliphatic heterocycles.